The second-order valence-corrected chi connectivity index (χ2v) is 7.85. The van der Waals surface area contributed by atoms with Crippen LogP contribution in [-0.2, 0) is 22.7 Å². The zero-order valence-electron chi connectivity index (χ0n) is 16.5. The van der Waals surface area contributed by atoms with Crippen molar-refractivity contribution in [2.45, 2.75) is 13.1 Å². The molecule has 1 aliphatic heterocycles. The molecule has 1 heterocycles. The monoisotopic (exact) mass is 416 g/mol. The van der Waals surface area contributed by atoms with Crippen LogP contribution in [0.3, 0.4) is 0 Å². The van der Waals surface area contributed by atoms with Crippen molar-refractivity contribution < 1.29 is 19.4 Å². The molecule has 2 aromatic rings. The molecule has 0 saturated carbocycles. The second kappa shape index (κ2) is 11.0. The lowest BCUT2D eigenvalue weighted by Gasteiger charge is -2.30. The third-order valence-corrected chi connectivity index (χ3v) is 5.70. The Bertz CT molecular complexity index is 807. The Morgan fingerprint density at radius 2 is 1.45 bits per heavy atom. The highest BCUT2D eigenvalue weighted by atomic mass is 35.5. The molecule has 0 spiro atoms. The van der Waals surface area contributed by atoms with Crippen LogP contribution in [0.1, 0.15) is 11.1 Å². The van der Waals surface area contributed by atoms with Gasteiger partial charge in [-0.2, -0.15) is 0 Å². The molecule has 154 valence electrons. The zero-order valence-corrected chi connectivity index (χ0v) is 17.3. The molecule has 4 N–H and O–H groups in total. The number of amides is 2. The Hall–Kier alpha value is -2.41. The normalized spacial score (nSPS) is 18.8. The average molecular weight is 417 g/mol. The summed E-state index contributed by atoms with van der Waals surface area (Å²) in [6.45, 7) is 6.90. The molecule has 1 fully saturated rings. The van der Waals surface area contributed by atoms with Gasteiger partial charge in [0.05, 0.1) is 13.1 Å². The molecule has 2 aromatic carbocycles. The van der Waals surface area contributed by atoms with Gasteiger partial charge in [-0.05, 0) is 11.6 Å². The van der Waals surface area contributed by atoms with Gasteiger partial charge in [0.15, 0.2) is 0 Å². The second-order valence-electron chi connectivity index (χ2n) is 7.44. The first-order valence-electron chi connectivity index (χ1n) is 10.1. The molecule has 6 nitrogen and oxygen atoms in total. The number of carbonyl (C=O) groups excluding carboxylic acids is 2. The van der Waals surface area contributed by atoms with Gasteiger partial charge in [-0.3, -0.25) is 9.59 Å². The summed E-state index contributed by atoms with van der Waals surface area (Å²) in [4.78, 5) is 26.8. The van der Waals surface area contributed by atoms with Crippen LogP contribution in [0, 0.1) is 0 Å². The number of carbonyl (C=O) groups is 2. The van der Waals surface area contributed by atoms with Crippen LogP contribution in [0.25, 0.3) is 0 Å². The summed E-state index contributed by atoms with van der Waals surface area (Å²) in [7, 11) is 0. The highest BCUT2D eigenvalue weighted by Gasteiger charge is 2.23. The van der Waals surface area contributed by atoms with E-state index in [1.165, 1.54) is 15.4 Å². The molecular weight excluding hydrogens is 388 g/mol. The number of hydrogen-bond acceptors (Lipinski definition) is 2. The van der Waals surface area contributed by atoms with Crippen molar-refractivity contribution >= 4 is 23.4 Å². The fraction of sp³-hybridized carbons (Fsp3) is 0.364. The number of quaternary nitrogens is 2. The zero-order chi connectivity index (χ0) is 20.5. The average Bonchev–Trinajstić information content (AvgIpc) is 2.75. The number of rotatable bonds is 7. The predicted octanol–water partition coefficient (Wildman–Crippen LogP) is -0.944. The summed E-state index contributed by atoms with van der Waals surface area (Å²) >= 11 is 6.26. The first-order valence-corrected chi connectivity index (χ1v) is 10.5. The quantitative estimate of drug-likeness (QED) is 0.440. The molecule has 0 aromatic heterocycles. The van der Waals surface area contributed by atoms with Gasteiger partial charge in [-0.25, -0.2) is 0 Å². The molecule has 0 unspecified atom stereocenters. The van der Waals surface area contributed by atoms with Gasteiger partial charge in [0.25, 0.3) is 0 Å². The molecule has 1 aliphatic rings. The summed E-state index contributed by atoms with van der Waals surface area (Å²) in [6.07, 6.45) is 0. The minimum atomic E-state index is -0.585. The van der Waals surface area contributed by atoms with Crippen molar-refractivity contribution in [3.8, 4) is 0 Å². The molecular formula is C22H29ClN4O2+2. The highest BCUT2D eigenvalue weighted by molar-refractivity contribution is 6.35. The van der Waals surface area contributed by atoms with Gasteiger partial charge >= 0.3 is 11.8 Å². The Balaban J connectivity index is 1.30. The molecule has 2 amide bonds. The van der Waals surface area contributed by atoms with E-state index in [2.05, 4.69) is 16.7 Å². The van der Waals surface area contributed by atoms with Crippen molar-refractivity contribution in [1.29, 1.82) is 0 Å². The molecule has 0 atom stereocenters. The summed E-state index contributed by atoms with van der Waals surface area (Å²) in [6, 6.07) is 17.6. The van der Waals surface area contributed by atoms with E-state index in [1.54, 1.807) is 0 Å². The van der Waals surface area contributed by atoms with E-state index in [9.17, 15) is 9.59 Å². The van der Waals surface area contributed by atoms with E-state index in [-0.39, 0.29) is 0 Å². The molecule has 7 heteroatoms. The fourth-order valence-corrected chi connectivity index (χ4v) is 3.79. The van der Waals surface area contributed by atoms with Gasteiger partial charge < -0.3 is 20.4 Å². The van der Waals surface area contributed by atoms with Gasteiger partial charge in [0, 0.05) is 17.1 Å². The summed E-state index contributed by atoms with van der Waals surface area (Å²) in [5.41, 5.74) is 2.16. The van der Waals surface area contributed by atoms with Crippen molar-refractivity contribution in [1.82, 2.24) is 10.6 Å². The van der Waals surface area contributed by atoms with Crippen LogP contribution in [-0.4, -0.2) is 51.1 Å². The lowest BCUT2D eigenvalue weighted by Crippen LogP contribution is -3.27. The van der Waals surface area contributed by atoms with Crippen LogP contribution in [0.2, 0.25) is 5.02 Å². The van der Waals surface area contributed by atoms with Crippen molar-refractivity contribution in [3.05, 3.63) is 70.7 Å². The third kappa shape index (κ3) is 6.85. The SMILES string of the molecule is O=C(NCC[NH+]1CC[NH+](Cc2ccccc2Cl)CC1)C(=O)NCc1ccccc1. The maximum absolute atomic E-state index is 11.9. The topological polar surface area (TPSA) is 67.1 Å². The maximum Gasteiger partial charge on any atom is 0.309 e. The van der Waals surface area contributed by atoms with Crippen LogP contribution in [0.4, 0.5) is 0 Å². The Morgan fingerprint density at radius 1 is 0.828 bits per heavy atom. The smallest absolute Gasteiger partial charge is 0.309 e. The number of halogens is 1. The van der Waals surface area contributed by atoms with E-state index in [0.29, 0.717) is 13.1 Å². The first kappa shape index (κ1) is 21.3. The van der Waals surface area contributed by atoms with E-state index < -0.39 is 11.8 Å². The predicted molar refractivity (Wildman–Crippen MR) is 113 cm³/mol. The molecule has 29 heavy (non-hydrogen) atoms. The minimum absolute atomic E-state index is 0.356. The summed E-state index contributed by atoms with van der Waals surface area (Å²) in [5, 5.41) is 6.21. The Kier molecular flexibility index (Phi) is 8.04. The fourth-order valence-electron chi connectivity index (χ4n) is 3.59. The third-order valence-electron chi connectivity index (χ3n) is 5.33. The molecule has 0 bridgehead atoms. The largest absolute Gasteiger partial charge is 0.344 e. The van der Waals surface area contributed by atoms with E-state index in [0.717, 1.165) is 49.9 Å². The molecule has 3 rings (SSSR count). The summed E-state index contributed by atoms with van der Waals surface area (Å²) in [5.74, 6) is -1.15. The Labute approximate surface area is 176 Å². The standard InChI is InChI=1S/C22H27ClN4O2/c23-20-9-5-4-8-19(20)17-27-14-12-26(13-15-27)11-10-24-21(28)22(29)25-16-18-6-2-1-3-7-18/h1-9H,10-17H2,(H,24,28)(H,25,29)/p+2. The van der Waals surface area contributed by atoms with Crippen molar-refractivity contribution in [2.24, 2.45) is 0 Å². The van der Waals surface area contributed by atoms with Crippen LogP contribution in [0.15, 0.2) is 54.6 Å². The molecule has 0 aliphatic carbocycles. The van der Waals surface area contributed by atoms with Crippen molar-refractivity contribution in [3.63, 3.8) is 0 Å². The van der Waals surface area contributed by atoms with Gasteiger partial charge in [-0.15, -0.1) is 0 Å². The number of benzene rings is 2. The lowest BCUT2D eigenvalue weighted by molar-refractivity contribution is -1.02. The highest BCUT2D eigenvalue weighted by Crippen LogP contribution is 2.13. The van der Waals surface area contributed by atoms with Crippen molar-refractivity contribution in [2.75, 3.05) is 39.3 Å². The lowest BCUT2D eigenvalue weighted by atomic mass is 10.2. The van der Waals surface area contributed by atoms with Crippen LogP contribution < -0.4 is 20.4 Å². The van der Waals surface area contributed by atoms with Gasteiger partial charge in [0.2, 0.25) is 0 Å². The van der Waals surface area contributed by atoms with E-state index in [1.807, 2.05) is 48.5 Å². The maximum atomic E-state index is 11.9. The van der Waals surface area contributed by atoms with Gasteiger partial charge in [0.1, 0.15) is 32.7 Å². The van der Waals surface area contributed by atoms with Gasteiger partial charge in [-0.1, -0.05) is 60.1 Å². The molecule has 1 saturated heterocycles. The first-order chi connectivity index (χ1) is 14.1. The van der Waals surface area contributed by atoms with E-state index in [4.69, 9.17) is 11.6 Å². The number of hydrogen-bond donors (Lipinski definition) is 4. The van der Waals surface area contributed by atoms with Crippen LogP contribution in [0.5, 0.6) is 0 Å². The molecule has 0 radical (unpaired) electrons. The number of piperazine rings is 1. The van der Waals surface area contributed by atoms with E-state index >= 15 is 0 Å². The summed E-state index contributed by atoms with van der Waals surface area (Å²) < 4.78 is 0. The van der Waals surface area contributed by atoms with Crippen LogP contribution >= 0.6 is 11.6 Å². The number of nitrogens with one attached hydrogen (secondary N) is 4. The minimum Gasteiger partial charge on any atom is -0.344 e. The Morgan fingerprint density at radius 3 is 2.17 bits per heavy atom.